The monoisotopic (exact) mass is 222 g/mol. The van der Waals surface area contributed by atoms with E-state index < -0.39 is 10.1 Å². The number of ether oxygens (including phenoxy) is 1. The molecule has 0 aliphatic carbocycles. The third kappa shape index (κ3) is 32.3. The van der Waals surface area contributed by atoms with Gasteiger partial charge in [-0.25, -0.2) is 0 Å². The van der Waals surface area contributed by atoms with Crippen molar-refractivity contribution >= 4 is 10.1 Å². The van der Waals surface area contributed by atoms with Crippen molar-refractivity contribution in [2.24, 2.45) is 0 Å². The van der Waals surface area contributed by atoms with Crippen LogP contribution in [0, 0.1) is 0 Å². The van der Waals surface area contributed by atoms with Gasteiger partial charge in [-0.1, -0.05) is 0 Å². The van der Waals surface area contributed by atoms with Gasteiger partial charge in [0.25, 0.3) is 10.1 Å². The Bertz CT molecular complexity index is 164. The zero-order valence-electron chi connectivity index (χ0n) is 8.32. The molecule has 0 amide bonds. The van der Waals surface area contributed by atoms with Crippen molar-refractivity contribution in [3.05, 3.63) is 0 Å². The average molecular weight is 222 g/mol. The van der Waals surface area contributed by atoms with Gasteiger partial charge in [-0.05, 0) is 13.8 Å². The van der Waals surface area contributed by atoms with E-state index in [-0.39, 0.29) is 41.9 Å². The van der Waals surface area contributed by atoms with Crippen LogP contribution >= 0.6 is 0 Å². The van der Waals surface area contributed by atoms with Crippen molar-refractivity contribution in [3.63, 3.8) is 0 Å². The van der Waals surface area contributed by atoms with E-state index in [1.165, 1.54) is 6.92 Å². The minimum absolute atomic E-state index is 0. The van der Waals surface area contributed by atoms with Crippen LogP contribution in [0.1, 0.15) is 13.8 Å². The third-order valence-corrected chi connectivity index (χ3v) is 1.53. The molecule has 1 N–H and O–H groups in total. The van der Waals surface area contributed by atoms with Gasteiger partial charge >= 0.3 is 29.6 Å². The average Bonchev–Trinajstić information content (AvgIpc) is 2.01. The molecule has 0 aromatic rings. The predicted octanol–water partition coefficient (Wildman–Crippen LogP) is -3.72. The summed E-state index contributed by atoms with van der Waals surface area (Å²) in [6.45, 7) is 4.14. The maximum Gasteiger partial charge on any atom is 1.00 e. The van der Waals surface area contributed by atoms with Crippen LogP contribution in [0.5, 0.6) is 0 Å². The molecule has 0 fully saturated rings. The molecule has 0 spiro atoms. The standard InChI is InChI=1S/C4H9O2.C2H6O3S.Na/c1-2-6-4-3-5;1-2-6(3,4)5;/h2-4H2,1H3;2H2,1H3,(H,3,4,5);/q-1;;+1. The molecule has 0 aliphatic rings. The number of rotatable bonds is 4. The summed E-state index contributed by atoms with van der Waals surface area (Å²) in [4.78, 5) is 0. The Hall–Kier alpha value is 0.830. The topological polar surface area (TPSA) is 86.7 Å². The van der Waals surface area contributed by atoms with Gasteiger partial charge in [-0.3, -0.25) is 4.55 Å². The molecule has 0 aliphatic heterocycles. The smallest absolute Gasteiger partial charge is 0.853 e. The summed E-state index contributed by atoms with van der Waals surface area (Å²) >= 11 is 0. The Balaban J connectivity index is -0.000000143. The van der Waals surface area contributed by atoms with Gasteiger partial charge < -0.3 is 9.84 Å². The van der Waals surface area contributed by atoms with Gasteiger partial charge in [0.1, 0.15) is 0 Å². The van der Waals surface area contributed by atoms with Gasteiger partial charge in [-0.15, -0.1) is 6.61 Å². The van der Waals surface area contributed by atoms with E-state index in [2.05, 4.69) is 4.74 Å². The van der Waals surface area contributed by atoms with Crippen molar-refractivity contribution in [1.82, 2.24) is 0 Å². The fourth-order valence-electron chi connectivity index (χ4n) is 0.203. The van der Waals surface area contributed by atoms with Crippen LogP contribution in [0.15, 0.2) is 0 Å². The molecule has 0 saturated heterocycles. The summed E-state index contributed by atoms with van der Waals surface area (Å²) in [6.07, 6.45) is 0. The van der Waals surface area contributed by atoms with E-state index in [0.29, 0.717) is 13.2 Å². The minimum atomic E-state index is -3.66. The van der Waals surface area contributed by atoms with Gasteiger partial charge in [-0.2, -0.15) is 8.42 Å². The largest absolute Gasteiger partial charge is 1.00 e. The number of hydrogen-bond donors (Lipinski definition) is 1. The van der Waals surface area contributed by atoms with Crippen LogP contribution in [-0.2, 0) is 14.9 Å². The van der Waals surface area contributed by atoms with Crippen LogP contribution < -0.4 is 34.7 Å². The SMILES string of the molecule is CCOCC[O-].CCS(=O)(=O)O.[Na+]. The molecule has 0 rings (SSSR count). The molecule has 76 valence electrons. The second kappa shape index (κ2) is 12.8. The summed E-state index contributed by atoms with van der Waals surface area (Å²) in [5, 5.41) is 9.56. The van der Waals surface area contributed by atoms with Crippen molar-refractivity contribution in [2.45, 2.75) is 13.8 Å². The van der Waals surface area contributed by atoms with Crippen molar-refractivity contribution in [3.8, 4) is 0 Å². The Morgan fingerprint density at radius 2 is 1.77 bits per heavy atom. The Labute approximate surface area is 102 Å². The molecule has 0 aromatic heterocycles. The number of hydrogen-bond acceptors (Lipinski definition) is 4. The maximum atomic E-state index is 9.56. The first-order chi connectivity index (χ1) is 5.47. The first-order valence-corrected chi connectivity index (χ1v) is 5.19. The molecular formula is C6H15NaO5S. The van der Waals surface area contributed by atoms with Gasteiger partial charge in [0.05, 0.1) is 5.75 Å². The van der Waals surface area contributed by atoms with Gasteiger partial charge in [0.15, 0.2) is 0 Å². The summed E-state index contributed by atoms with van der Waals surface area (Å²) in [7, 11) is -3.66. The Morgan fingerprint density at radius 1 is 1.38 bits per heavy atom. The molecule has 0 unspecified atom stereocenters. The van der Waals surface area contributed by atoms with Crippen molar-refractivity contribution < 1.29 is 52.4 Å². The van der Waals surface area contributed by atoms with E-state index in [9.17, 15) is 13.5 Å². The van der Waals surface area contributed by atoms with E-state index in [1.54, 1.807) is 0 Å². The quantitative estimate of drug-likeness (QED) is 0.300. The zero-order valence-corrected chi connectivity index (χ0v) is 11.1. The summed E-state index contributed by atoms with van der Waals surface area (Å²) < 4.78 is 31.6. The zero-order chi connectivity index (χ0) is 10.0. The van der Waals surface area contributed by atoms with Gasteiger partial charge in [0, 0.05) is 13.2 Å². The van der Waals surface area contributed by atoms with E-state index in [1.807, 2.05) is 6.92 Å². The second-order valence-electron chi connectivity index (χ2n) is 1.77. The molecule has 0 bridgehead atoms. The first-order valence-electron chi connectivity index (χ1n) is 3.58. The molecule has 0 aromatic carbocycles. The summed E-state index contributed by atoms with van der Waals surface area (Å²) in [5.41, 5.74) is 0. The third-order valence-electron chi connectivity index (χ3n) is 0.797. The Morgan fingerprint density at radius 3 is 1.85 bits per heavy atom. The van der Waals surface area contributed by atoms with Crippen molar-refractivity contribution in [2.75, 3.05) is 25.6 Å². The molecule has 7 heteroatoms. The van der Waals surface area contributed by atoms with Gasteiger partial charge in [0.2, 0.25) is 0 Å². The molecular weight excluding hydrogens is 207 g/mol. The second-order valence-corrected chi connectivity index (χ2v) is 3.51. The van der Waals surface area contributed by atoms with Crippen LogP contribution in [-0.4, -0.2) is 38.5 Å². The minimum Gasteiger partial charge on any atom is -0.853 e. The fourth-order valence-corrected chi connectivity index (χ4v) is 0.203. The van der Waals surface area contributed by atoms with Crippen LogP contribution in [0.2, 0.25) is 0 Å². The summed E-state index contributed by atoms with van der Waals surface area (Å²) in [6, 6.07) is 0. The van der Waals surface area contributed by atoms with E-state index in [0.717, 1.165) is 0 Å². The summed E-state index contributed by atoms with van der Waals surface area (Å²) in [5.74, 6) is -0.201. The molecule has 13 heavy (non-hydrogen) atoms. The Kier molecular flexibility index (Phi) is 19.2. The molecule has 0 radical (unpaired) electrons. The predicted molar refractivity (Wildman–Crippen MR) is 43.4 cm³/mol. The molecule has 0 atom stereocenters. The molecule has 0 heterocycles. The van der Waals surface area contributed by atoms with Crippen LogP contribution in [0.3, 0.4) is 0 Å². The first kappa shape index (κ1) is 19.4. The van der Waals surface area contributed by atoms with E-state index in [4.69, 9.17) is 4.55 Å². The fraction of sp³-hybridized carbons (Fsp3) is 1.00. The van der Waals surface area contributed by atoms with E-state index >= 15 is 0 Å². The van der Waals surface area contributed by atoms with Crippen LogP contribution in [0.4, 0.5) is 0 Å². The molecule has 0 saturated carbocycles. The van der Waals surface area contributed by atoms with Crippen molar-refractivity contribution in [1.29, 1.82) is 0 Å². The maximum absolute atomic E-state index is 9.56. The normalized spacial score (nSPS) is 9.54. The molecule has 5 nitrogen and oxygen atoms in total. The van der Waals surface area contributed by atoms with Crippen LogP contribution in [0.25, 0.3) is 0 Å².